The topological polar surface area (TPSA) is 86.8 Å². The Morgan fingerprint density at radius 1 is 1.19 bits per heavy atom. The van der Waals surface area contributed by atoms with E-state index in [0.29, 0.717) is 32.7 Å². The maximum atomic E-state index is 12.5. The van der Waals surface area contributed by atoms with Gasteiger partial charge in [-0.2, -0.15) is 4.31 Å². The van der Waals surface area contributed by atoms with Crippen LogP contribution in [0, 0.1) is 5.92 Å². The van der Waals surface area contributed by atoms with Gasteiger partial charge in [0.1, 0.15) is 0 Å². The monoisotopic (exact) mass is 395 g/mol. The lowest BCUT2D eigenvalue weighted by Crippen LogP contribution is -2.44. The molecule has 1 atom stereocenters. The molecule has 1 aromatic carbocycles. The Hall–Kier alpha value is -1.93. The number of carbonyl (C=O) groups excluding carboxylic acids is 2. The number of rotatable bonds is 7. The van der Waals surface area contributed by atoms with Gasteiger partial charge in [-0.3, -0.25) is 9.59 Å². The molecule has 2 rings (SSSR count). The number of carbonyl (C=O) groups is 2. The first-order chi connectivity index (χ1) is 12.8. The van der Waals surface area contributed by atoms with Crippen molar-refractivity contribution < 1.29 is 18.0 Å². The van der Waals surface area contributed by atoms with Crippen LogP contribution in [0.4, 0.5) is 0 Å². The molecule has 0 aliphatic carbocycles. The van der Waals surface area contributed by atoms with Gasteiger partial charge in [0.05, 0.1) is 10.8 Å². The van der Waals surface area contributed by atoms with Gasteiger partial charge in [-0.05, 0) is 30.5 Å². The lowest BCUT2D eigenvalue weighted by atomic mass is 9.97. The van der Waals surface area contributed by atoms with Gasteiger partial charge in [-0.1, -0.05) is 26.0 Å². The van der Waals surface area contributed by atoms with Gasteiger partial charge in [-0.25, -0.2) is 8.42 Å². The summed E-state index contributed by atoms with van der Waals surface area (Å²) in [7, 11) is -3.47. The minimum atomic E-state index is -3.47. The molecule has 0 aromatic heterocycles. The van der Waals surface area contributed by atoms with Crippen LogP contribution in [0.2, 0.25) is 0 Å². The molecule has 1 saturated heterocycles. The van der Waals surface area contributed by atoms with Crippen LogP contribution in [0.3, 0.4) is 0 Å². The van der Waals surface area contributed by atoms with Crippen molar-refractivity contribution in [3.05, 3.63) is 29.8 Å². The highest BCUT2D eigenvalue weighted by atomic mass is 32.2. The van der Waals surface area contributed by atoms with Crippen molar-refractivity contribution in [2.24, 2.45) is 5.92 Å². The number of nitrogens with one attached hydrogen (secondary N) is 1. The molecule has 27 heavy (non-hydrogen) atoms. The Morgan fingerprint density at radius 3 is 2.37 bits per heavy atom. The van der Waals surface area contributed by atoms with Crippen LogP contribution >= 0.6 is 0 Å². The summed E-state index contributed by atoms with van der Waals surface area (Å²) in [5, 5.41) is 2.89. The standard InChI is InChI=1S/C19H29N3O4S/c1-4-22(5-2)27(25,26)18-10-8-16(9-11-18)13-20-19(24)17-7-6-12-21(14-17)15(3)23/h8-11,17H,4-7,12-14H2,1-3H3,(H,20,24)/t17-/m0/s1. The van der Waals surface area contributed by atoms with Gasteiger partial charge in [-0.15, -0.1) is 0 Å². The fourth-order valence-electron chi connectivity index (χ4n) is 3.30. The average molecular weight is 396 g/mol. The van der Waals surface area contributed by atoms with Crippen molar-refractivity contribution >= 4 is 21.8 Å². The third-order valence-corrected chi connectivity index (χ3v) is 7.03. The van der Waals surface area contributed by atoms with Crippen molar-refractivity contribution in [2.75, 3.05) is 26.2 Å². The first kappa shape index (κ1) is 21.4. The third kappa shape index (κ3) is 5.29. The summed E-state index contributed by atoms with van der Waals surface area (Å²) in [5.74, 6) is -0.261. The lowest BCUT2D eigenvalue weighted by Gasteiger charge is -2.31. The second kappa shape index (κ2) is 9.32. The van der Waals surface area contributed by atoms with E-state index in [9.17, 15) is 18.0 Å². The summed E-state index contributed by atoms with van der Waals surface area (Å²) < 4.78 is 26.4. The molecule has 0 bridgehead atoms. The van der Waals surface area contributed by atoms with Gasteiger partial charge in [0.15, 0.2) is 0 Å². The minimum Gasteiger partial charge on any atom is -0.352 e. The van der Waals surface area contributed by atoms with Crippen LogP contribution in [0.1, 0.15) is 39.2 Å². The van der Waals surface area contributed by atoms with E-state index >= 15 is 0 Å². The number of sulfonamides is 1. The van der Waals surface area contributed by atoms with Gasteiger partial charge >= 0.3 is 0 Å². The van der Waals surface area contributed by atoms with Crippen molar-refractivity contribution in [1.29, 1.82) is 0 Å². The van der Waals surface area contributed by atoms with Crippen LogP contribution in [0.15, 0.2) is 29.2 Å². The zero-order valence-corrected chi connectivity index (χ0v) is 17.1. The van der Waals surface area contributed by atoms with E-state index in [2.05, 4.69) is 5.32 Å². The van der Waals surface area contributed by atoms with Crippen LogP contribution in [-0.4, -0.2) is 55.6 Å². The summed E-state index contributed by atoms with van der Waals surface area (Å²) in [6.45, 7) is 7.50. The van der Waals surface area contributed by atoms with E-state index in [0.717, 1.165) is 18.4 Å². The quantitative estimate of drug-likeness (QED) is 0.760. The van der Waals surface area contributed by atoms with E-state index < -0.39 is 10.0 Å². The fourth-order valence-corrected chi connectivity index (χ4v) is 4.76. The van der Waals surface area contributed by atoms with E-state index in [1.165, 1.54) is 11.2 Å². The largest absolute Gasteiger partial charge is 0.352 e. The number of hydrogen-bond acceptors (Lipinski definition) is 4. The lowest BCUT2D eigenvalue weighted by molar-refractivity contribution is -0.134. The summed E-state index contributed by atoms with van der Waals surface area (Å²) in [4.78, 5) is 25.8. The third-order valence-electron chi connectivity index (χ3n) is 4.97. The first-order valence-corrected chi connectivity index (χ1v) is 10.9. The molecule has 1 N–H and O–H groups in total. The number of nitrogens with zero attached hydrogens (tertiary/aromatic N) is 2. The van der Waals surface area contributed by atoms with Gasteiger partial charge < -0.3 is 10.2 Å². The molecule has 8 heteroatoms. The average Bonchev–Trinajstić information content (AvgIpc) is 2.67. The maximum absolute atomic E-state index is 12.5. The molecule has 0 unspecified atom stereocenters. The molecule has 0 spiro atoms. The SMILES string of the molecule is CCN(CC)S(=O)(=O)c1ccc(CNC(=O)[C@H]2CCCN(C(C)=O)C2)cc1. The number of amides is 2. The van der Waals surface area contributed by atoms with Crippen LogP contribution < -0.4 is 5.32 Å². The van der Waals surface area contributed by atoms with E-state index in [-0.39, 0.29) is 22.6 Å². The van der Waals surface area contributed by atoms with Gasteiger partial charge in [0, 0.05) is 39.6 Å². The van der Waals surface area contributed by atoms with Gasteiger partial charge in [0.25, 0.3) is 0 Å². The summed E-state index contributed by atoms with van der Waals surface area (Å²) in [6, 6.07) is 6.60. The minimum absolute atomic E-state index is 0.00231. The van der Waals surface area contributed by atoms with Crippen molar-refractivity contribution in [3.8, 4) is 0 Å². The number of piperidine rings is 1. The highest BCUT2D eigenvalue weighted by Gasteiger charge is 2.27. The Balaban J connectivity index is 1.95. The second-order valence-corrected chi connectivity index (χ2v) is 8.69. The molecule has 2 amide bonds. The normalized spacial score (nSPS) is 17.8. The van der Waals surface area contributed by atoms with E-state index in [1.54, 1.807) is 29.2 Å². The molecule has 1 fully saturated rings. The highest BCUT2D eigenvalue weighted by molar-refractivity contribution is 7.89. The highest BCUT2D eigenvalue weighted by Crippen LogP contribution is 2.18. The van der Waals surface area contributed by atoms with Crippen LogP contribution in [0.5, 0.6) is 0 Å². The molecule has 1 aliphatic rings. The summed E-state index contributed by atoms with van der Waals surface area (Å²) in [6.07, 6.45) is 1.60. The van der Waals surface area contributed by atoms with Crippen LogP contribution in [-0.2, 0) is 26.2 Å². The molecule has 1 heterocycles. The Morgan fingerprint density at radius 2 is 1.81 bits per heavy atom. The van der Waals surface area contributed by atoms with E-state index in [4.69, 9.17) is 0 Å². The number of likely N-dealkylation sites (tertiary alicyclic amines) is 1. The fraction of sp³-hybridized carbons (Fsp3) is 0.579. The zero-order valence-electron chi connectivity index (χ0n) is 16.3. The molecule has 0 saturated carbocycles. The number of hydrogen-bond donors (Lipinski definition) is 1. The molecule has 7 nitrogen and oxygen atoms in total. The molecular formula is C19H29N3O4S. The molecule has 0 radical (unpaired) electrons. The molecule has 1 aliphatic heterocycles. The van der Waals surface area contributed by atoms with Crippen molar-refractivity contribution in [2.45, 2.75) is 45.1 Å². The Kier molecular flexibility index (Phi) is 7.38. The van der Waals surface area contributed by atoms with Gasteiger partial charge in [0.2, 0.25) is 21.8 Å². The Bertz CT molecular complexity index is 758. The molecule has 1 aromatic rings. The second-order valence-electron chi connectivity index (χ2n) is 6.76. The zero-order chi connectivity index (χ0) is 20.0. The molecular weight excluding hydrogens is 366 g/mol. The predicted molar refractivity (Wildman–Crippen MR) is 103 cm³/mol. The van der Waals surface area contributed by atoms with Crippen molar-refractivity contribution in [3.63, 3.8) is 0 Å². The van der Waals surface area contributed by atoms with Crippen LogP contribution in [0.25, 0.3) is 0 Å². The predicted octanol–water partition coefficient (Wildman–Crippen LogP) is 1.59. The Labute approximate surface area is 161 Å². The molecule has 150 valence electrons. The summed E-state index contributed by atoms with van der Waals surface area (Å²) >= 11 is 0. The van der Waals surface area contributed by atoms with Crippen molar-refractivity contribution in [1.82, 2.24) is 14.5 Å². The maximum Gasteiger partial charge on any atom is 0.243 e. The first-order valence-electron chi connectivity index (χ1n) is 9.41. The summed E-state index contributed by atoms with van der Waals surface area (Å²) in [5.41, 5.74) is 0.834. The van der Waals surface area contributed by atoms with E-state index in [1.807, 2.05) is 13.8 Å². The number of benzene rings is 1. The smallest absolute Gasteiger partial charge is 0.243 e.